The lowest BCUT2D eigenvalue weighted by atomic mass is 10.2. The Morgan fingerprint density at radius 1 is 1.09 bits per heavy atom. The number of carbonyl (C=O) groups is 1. The maximum Gasteiger partial charge on any atom is 0.277 e. The second kappa shape index (κ2) is 8.45. The average molecular weight is 491 g/mol. The SMILES string of the molecule is O=C(COc1ccc(Br)cc1Br)NN=Cc1ccc(Br)cc1. The van der Waals surface area contributed by atoms with Crippen molar-refractivity contribution < 1.29 is 9.53 Å². The molecule has 0 radical (unpaired) electrons. The number of hydrogen-bond acceptors (Lipinski definition) is 3. The van der Waals surface area contributed by atoms with E-state index in [0.717, 1.165) is 19.0 Å². The van der Waals surface area contributed by atoms with Crippen molar-refractivity contribution >= 4 is 59.9 Å². The molecule has 0 aliphatic rings. The smallest absolute Gasteiger partial charge is 0.277 e. The first kappa shape index (κ1) is 17.2. The number of carbonyl (C=O) groups excluding carboxylic acids is 1. The molecule has 2 aromatic rings. The molecule has 0 aliphatic heterocycles. The lowest BCUT2D eigenvalue weighted by Crippen LogP contribution is -2.24. The molecule has 2 aromatic carbocycles. The molecule has 0 atom stereocenters. The molecular formula is C15H11Br3N2O2. The third-order valence-corrected chi connectivity index (χ3v) is 4.17. The number of amides is 1. The molecule has 4 nitrogen and oxygen atoms in total. The predicted octanol–water partition coefficient (Wildman–Crippen LogP) is 4.50. The van der Waals surface area contributed by atoms with Crippen LogP contribution in [0.4, 0.5) is 0 Å². The lowest BCUT2D eigenvalue weighted by molar-refractivity contribution is -0.123. The van der Waals surface area contributed by atoms with Crippen LogP contribution in [0.25, 0.3) is 0 Å². The first-order valence-electron chi connectivity index (χ1n) is 6.20. The molecule has 114 valence electrons. The second-order valence-electron chi connectivity index (χ2n) is 4.21. The van der Waals surface area contributed by atoms with Crippen LogP contribution in [0.5, 0.6) is 5.75 Å². The molecule has 0 heterocycles. The molecule has 2 rings (SSSR count). The van der Waals surface area contributed by atoms with Gasteiger partial charge in [-0.2, -0.15) is 5.10 Å². The maximum absolute atomic E-state index is 11.7. The minimum absolute atomic E-state index is 0.113. The van der Waals surface area contributed by atoms with E-state index < -0.39 is 0 Å². The average Bonchev–Trinajstić information content (AvgIpc) is 2.48. The molecule has 0 saturated heterocycles. The normalized spacial score (nSPS) is 10.7. The van der Waals surface area contributed by atoms with Crippen LogP contribution in [0.1, 0.15) is 5.56 Å². The standard InChI is InChI=1S/C15H11Br3N2O2/c16-11-3-1-10(2-4-11)8-19-20-15(21)9-22-14-6-5-12(17)7-13(14)18/h1-8H,9H2,(H,20,21). The van der Waals surface area contributed by atoms with Crippen LogP contribution >= 0.6 is 47.8 Å². The minimum atomic E-state index is -0.330. The van der Waals surface area contributed by atoms with Gasteiger partial charge in [0, 0.05) is 8.95 Å². The van der Waals surface area contributed by atoms with Crippen molar-refractivity contribution in [1.29, 1.82) is 0 Å². The summed E-state index contributed by atoms with van der Waals surface area (Å²) >= 11 is 10.1. The Morgan fingerprint density at radius 2 is 1.77 bits per heavy atom. The van der Waals surface area contributed by atoms with Gasteiger partial charge in [0.2, 0.25) is 0 Å². The predicted molar refractivity (Wildman–Crippen MR) is 97.2 cm³/mol. The zero-order chi connectivity index (χ0) is 15.9. The van der Waals surface area contributed by atoms with Gasteiger partial charge in [-0.05, 0) is 51.8 Å². The van der Waals surface area contributed by atoms with Gasteiger partial charge in [-0.1, -0.05) is 44.0 Å². The van der Waals surface area contributed by atoms with Gasteiger partial charge in [-0.25, -0.2) is 5.43 Å². The highest BCUT2D eigenvalue weighted by molar-refractivity contribution is 9.11. The van der Waals surface area contributed by atoms with Crippen molar-refractivity contribution in [2.24, 2.45) is 5.10 Å². The maximum atomic E-state index is 11.7. The first-order valence-corrected chi connectivity index (χ1v) is 8.58. The summed E-state index contributed by atoms with van der Waals surface area (Å²) in [6, 6.07) is 13.0. The third-order valence-electron chi connectivity index (χ3n) is 2.53. The van der Waals surface area contributed by atoms with Gasteiger partial charge in [0.15, 0.2) is 6.61 Å². The van der Waals surface area contributed by atoms with Crippen molar-refractivity contribution in [3.8, 4) is 5.75 Å². The summed E-state index contributed by atoms with van der Waals surface area (Å²) in [5.74, 6) is 0.262. The molecular weight excluding hydrogens is 480 g/mol. The molecule has 1 amide bonds. The molecule has 0 unspecified atom stereocenters. The Hall–Kier alpha value is -1.18. The molecule has 22 heavy (non-hydrogen) atoms. The van der Waals surface area contributed by atoms with E-state index in [2.05, 4.69) is 58.3 Å². The van der Waals surface area contributed by atoms with Crippen molar-refractivity contribution in [3.63, 3.8) is 0 Å². The van der Waals surface area contributed by atoms with Crippen LogP contribution in [0, 0.1) is 0 Å². The van der Waals surface area contributed by atoms with Crippen LogP contribution in [-0.4, -0.2) is 18.7 Å². The van der Waals surface area contributed by atoms with Crippen LogP contribution in [-0.2, 0) is 4.79 Å². The van der Waals surface area contributed by atoms with E-state index in [4.69, 9.17) is 4.74 Å². The summed E-state index contributed by atoms with van der Waals surface area (Å²) in [5.41, 5.74) is 3.31. The first-order chi connectivity index (χ1) is 10.5. The van der Waals surface area contributed by atoms with Crippen LogP contribution < -0.4 is 10.2 Å². The summed E-state index contributed by atoms with van der Waals surface area (Å²) in [4.78, 5) is 11.7. The fraction of sp³-hybridized carbons (Fsp3) is 0.0667. The molecule has 0 bridgehead atoms. The van der Waals surface area contributed by atoms with E-state index in [0.29, 0.717) is 5.75 Å². The Bertz CT molecular complexity index is 688. The number of hydrazone groups is 1. The highest BCUT2D eigenvalue weighted by atomic mass is 79.9. The molecule has 7 heteroatoms. The minimum Gasteiger partial charge on any atom is -0.483 e. The fourth-order valence-electron chi connectivity index (χ4n) is 1.50. The molecule has 0 saturated carbocycles. The largest absolute Gasteiger partial charge is 0.483 e. The number of rotatable bonds is 5. The van der Waals surface area contributed by atoms with Gasteiger partial charge in [-0.3, -0.25) is 4.79 Å². The molecule has 0 aliphatic carbocycles. The zero-order valence-corrected chi connectivity index (χ0v) is 16.0. The highest BCUT2D eigenvalue weighted by Gasteiger charge is 2.05. The van der Waals surface area contributed by atoms with E-state index in [1.807, 2.05) is 36.4 Å². The Balaban J connectivity index is 1.81. The van der Waals surface area contributed by atoms with E-state index in [1.165, 1.54) is 0 Å². The quantitative estimate of drug-likeness (QED) is 0.495. The van der Waals surface area contributed by atoms with Crippen molar-refractivity contribution in [2.75, 3.05) is 6.61 Å². The van der Waals surface area contributed by atoms with E-state index in [1.54, 1.807) is 12.3 Å². The van der Waals surface area contributed by atoms with E-state index >= 15 is 0 Å². The summed E-state index contributed by atoms with van der Waals surface area (Å²) in [6.07, 6.45) is 1.57. The van der Waals surface area contributed by atoms with Crippen molar-refractivity contribution in [2.45, 2.75) is 0 Å². The third kappa shape index (κ3) is 5.55. The number of nitrogens with one attached hydrogen (secondary N) is 1. The topological polar surface area (TPSA) is 50.7 Å². The summed E-state index contributed by atoms with van der Waals surface area (Å²) < 4.78 is 8.10. The molecule has 0 fully saturated rings. The second-order valence-corrected chi connectivity index (χ2v) is 6.89. The highest BCUT2D eigenvalue weighted by Crippen LogP contribution is 2.28. The van der Waals surface area contributed by atoms with Gasteiger partial charge < -0.3 is 4.74 Å². The van der Waals surface area contributed by atoms with Gasteiger partial charge in [0.1, 0.15) is 5.75 Å². The molecule has 0 spiro atoms. The van der Waals surface area contributed by atoms with Crippen molar-refractivity contribution in [3.05, 3.63) is 61.4 Å². The number of nitrogens with zero attached hydrogens (tertiary/aromatic N) is 1. The summed E-state index contributed by atoms with van der Waals surface area (Å²) in [7, 11) is 0. The monoisotopic (exact) mass is 488 g/mol. The lowest BCUT2D eigenvalue weighted by Gasteiger charge is -2.07. The Morgan fingerprint density at radius 3 is 2.45 bits per heavy atom. The zero-order valence-electron chi connectivity index (χ0n) is 11.2. The number of ether oxygens (including phenoxy) is 1. The van der Waals surface area contributed by atoms with Gasteiger partial charge in [0.25, 0.3) is 5.91 Å². The van der Waals surface area contributed by atoms with Gasteiger partial charge >= 0.3 is 0 Å². The summed E-state index contributed by atoms with van der Waals surface area (Å²) in [5, 5.41) is 3.88. The van der Waals surface area contributed by atoms with Crippen LogP contribution in [0.2, 0.25) is 0 Å². The van der Waals surface area contributed by atoms with Gasteiger partial charge in [0.05, 0.1) is 10.7 Å². The number of halogens is 3. The number of hydrogen-bond donors (Lipinski definition) is 1. The Kier molecular flexibility index (Phi) is 6.60. The van der Waals surface area contributed by atoms with Crippen LogP contribution in [0.3, 0.4) is 0 Å². The summed E-state index contributed by atoms with van der Waals surface area (Å²) in [6.45, 7) is -0.113. The van der Waals surface area contributed by atoms with Gasteiger partial charge in [-0.15, -0.1) is 0 Å². The molecule has 1 N–H and O–H groups in total. The molecule has 0 aromatic heterocycles. The van der Waals surface area contributed by atoms with E-state index in [-0.39, 0.29) is 12.5 Å². The van der Waals surface area contributed by atoms with Crippen LogP contribution in [0.15, 0.2) is 61.0 Å². The fourth-order valence-corrected chi connectivity index (χ4v) is 2.92. The van der Waals surface area contributed by atoms with Crippen molar-refractivity contribution in [1.82, 2.24) is 5.43 Å². The van der Waals surface area contributed by atoms with E-state index in [9.17, 15) is 4.79 Å². The number of benzene rings is 2. The Labute approximate surface area is 153 Å².